The van der Waals surface area contributed by atoms with Gasteiger partial charge in [0.1, 0.15) is 0 Å². The highest BCUT2D eigenvalue weighted by Crippen LogP contribution is 2.21. The van der Waals surface area contributed by atoms with Crippen LogP contribution in [0.15, 0.2) is 18.7 Å². The zero-order valence-electron chi connectivity index (χ0n) is 9.14. The van der Waals surface area contributed by atoms with Crippen LogP contribution >= 0.6 is 0 Å². The van der Waals surface area contributed by atoms with Crippen molar-refractivity contribution in [2.75, 3.05) is 0 Å². The molecule has 0 bridgehead atoms. The van der Waals surface area contributed by atoms with Gasteiger partial charge in [-0.05, 0) is 35.1 Å². The van der Waals surface area contributed by atoms with E-state index in [1.165, 1.54) is 22.3 Å². The lowest BCUT2D eigenvalue weighted by Gasteiger charge is -2.14. The largest absolute Gasteiger partial charge is 0.326 e. The molecule has 0 amide bonds. The van der Waals surface area contributed by atoms with Crippen LogP contribution < -0.4 is 5.73 Å². The van der Waals surface area contributed by atoms with E-state index >= 15 is 0 Å². The minimum atomic E-state index is 0.609. The molecule has 0 unspecified atom stereocenters. The number of aryl methyl sites for hydroxylation is 1. The van der Waals surface area contributed by atoms with Crippen LogP contribution in [0.1, 0.15) is 36.1 Å². The summed E-state index contributed by atoms with van der Waals surface area (Å²) in [5.41, 5.74) is 11.1. The van der Waals surface area contributed by atoms with Crippen molar-refractivity contribution in [1.82, 2.24) is 0 Å². The molecule has 0 radical (unpaired) electrons. The third-order valence-electron chi connectivity index (χ3n) is 2.72. The van der Waals surface area contributed by atoms with E-state index in [1.807, 2.05) is 6.08 Å². The van der Waals surface area contributed by atoms with Gasteiger partial charge in [-0.15, -0.1) is 0 Å². The van der Waals surface area contributed by atoms with Crippen LogP contribution in [0.4, 0.5) is 0 Å². The second kappa shape index (κ2) is 4.97. The van der Waals surface area contributed by atoms with Gasteiger partial charge >= 0.3 is 0 Å². The molecule has 1 aromatic carbocycles. The second-order valence-electron chi connectivity index (χ2n) is 3.39. The van der Waals surface area contributed by atoms with Crippen molar-refractivity contribution in [3.05, 3.63) is 41.0 Å². The van der Waals surface area contributed by atoms with Gasteiger partial charge in [0.15, 0.2) is 0 Å². The third kappa shape index (κ3) is 1.88. The molecule has 0 saturated heterocycles. The van der Waals surface area contributed by atoms with Crippen molar-refractivity contribution in [1.29, 1.82) is 0 Å². The Balaban J connectivity index is 3.35. The molecule has 0 fully saturated rings. The summed E-state index contributed by atoms with van der Waals surface area (Å²) in [7, 11) is 0. The van der Waals surface area contributed by atoms with Gasteiger partial charge in [0.05, 0.1) is 0 Å². The summed E-state index contributed by atoms with van der Waals surface area (Å²) in [6, 6.07) is 4.31. The summed E-state index contributed by atoms with van der Waals surface area (Å²) < 4.78 is 0. The van der Waals surface area contributed by atoms with Crippen molar-refractivity contribution in [2.24, 2.45) is 5.73 Å². The van der Waals surface area contributed by atoms with Crippen LogP contribution in [0, 0.1) is 0 Å². The van der Waals surface area contributed by atoms with Gasteiger partial charge in [0.25, 0.3) is 0 Å². The Morgan fingerprint density at radius 3 is 2.36 bits per heavy atom. The summed E-state index contributed by atoms with van der Waals surface area (Å²) in [6.45, 7) is 8.79. The van der Waals surface area contributed by atoms with E-state index in [4.69, 9.17) is 5.73 Å². The van der Waals surface area contributed by atoms with Gasteiger partial charge in [0.2, 0.25) is 0 Å². The monoisotopic (exact) mass is 189 g/mol. The van der Waals surface area contributed by atoms with Crippen LogP contribution in [0.2, 0.25) is 0 Å². The van der Waals surface area contributed by atoms with Crippen molar-refractivity contribution in [2.45, 2.75) is 33.2 Å². The highest BCUT2D eigenvalue weighted by Gasteiger charge is 2.07. The fourth-order valence-electron chi connectivity index (χ4n) is 1.96. The van der Waals surface area contributed by atoms with Gasteiger partial charge in [0, 0.05) is 6.54 Å². The van der Waals surface area contributed by atoms with E-state index < -0.39 is 0 Å². The number of benzene rings is 1. The molecule has 1 nitrogen and oxygen atoms in total. The zero-order chi connectivity index (χ0) is 10.6. The maximum Gasteiger partial charge on any atom is 0.0186 e. The first-order chi connectivity index (χ1) is 6.78. The first-order valence-corrected chi connectivity index (χ1v) is 5.24. The fraction of sp³-hybridized carbons (Fsp3) is 0.385. The van der Waals surface area contributed by atoms with Gasteiger partial charge in [-0.1, -0.05) is 38.6 Å². The van der Waals surface area contributed by atoms with Crippen LogP contribution in [0.25, 0.3) is 6.08 Å². The fourth-order valence-corrected chi connectivity index (χ4v) is 1.96. The summed E-state index contributed by atoms with van der Waals surface area (Å²) in [4.78, 5) is 0. The number of rotatable bonds is 4. The van der Waals surface area contributed by atoms with Crippen molar-refractivity contribution >= 4 is 6.08 Å². The SMILES string of the molecule is C=Cc1ccc(CC)c(CC)c1CN. The molecule has 76 valence electrons. The molecular weight excluding hydrogens is 170 g/mol. The van der Waals surface area contributed by atoms with Gasteiger partial charge < -0.3 is 5.73 Å². The highest BCUT2D eigenvalue weighted by atomic mass is 14.5. The molecule has 0 atom stereocenters. The predicted molar refractivity (Wildman–Crippen MR) is 63.2 cm³/mol. The Morgan fingerprint density at radius 1 is 1.21 bits per heavy atom. The Hall–Kier alpha value is -1.08. The Bertz CT molecular complexity index is 326. The summed E-state index contributed by atoms with van der Waals surface area (Å²) >= 11 is 0. The van der Waals surface area contributed by atoms with E-state index in [1.54, 1.807) is 0 Å². The molecule has 0 aliphatic heterocycles. The minimum absolute atomic E-state index is 0.609. The Morgan fingerprint density at radius 2 is 1.93 bits per heavy atom. The highest BCUT2D eigenvalue weighted by molar-refractivity contribution is 5.56. The number of hydrogen-bond donors (Lipinski definition) is 1. The maximum atomic E-state index is 5.78. The molecule has 14 heavy (non-hydrogen) atoms. The molecule has 2 N–H and O–H groups in total. The van der Waals surface area contributed by atoms with Gasteiger partial charge in [-0.3, -0.25) is 0 Å². The van der Waals surface area contributed by atoms with Crippen LogP contribution in [0.3, 0.4) is 0 Å². The molecule has 1 aromatic rings. The number of hydrogen-bond acceptors (Lipinski definition) is 1. The average molecular weight is 189 g/mol. The lowest BCUT2D eigenvalue weighted by Crippen LogP contribution is -2.06. The first kappa shape index (κ1) is 11.0. The van der Waals surface area contributed by atoms with Crippen molar-refractivity contribution < 1.29 is 0 Å². The molecule has 0 aromatic heterocycles. The minimum Gasteiger partial charge on any atom is -0.326 e. The maximum absolute atomic E-state index is 5.78. The van der Waals surface area contributed by atoms with E-state index in [0.717, 1.165) is 12.8 Å². The summed E-state index contributed by atoms with van der Waals surface area (Å²) in [5.74, 6) is 0. The quantitative estimate of drug-likeness (QED) is 0.774. The van der Waals surface area contributed by atoms with E-state index in [0.29, 0.717) is 6.54 Å². The number of nitrogens with two attached hydrogens (primary N) is 1. The van der Waals surface area contributed by atoms with Crippen LogP contribution in [-0.4, -0.2) is 0 Å². The third-order valence-corrected chi connectivity index (χ3v) is 2.72. The van der Waals surface area contributed by atoms with Gasteiger partial charge in [-0.25, -0.2) is 0 Å². The Labute approximate surface area is 86.6 Å². The standard InChI is InChI=1S/C13H19N/c1-4-10-7-8-11(5-2)13(9-14)12(10)6-3/h5,7-8H,2,4,6,9,14H2,1,3H3. The smallest absolute Gasteiger partial charge is 0.0186 e. The Kier molecular flexibility index (Phi) is 3.90. The molecule has 1 heteroatoms. The lowest BCUT2D eigenvalue weighted by molar-refractivity contribution is 0.959. The second-order valence-corrected chi connectivity index (χ2v) is 3.39. The molecule has 1 rings (SSSR count). The van der Waals surface area contributed by atoms with E-state index in [-0.39, 0.29) is 0 Å². The normalized spacial score (nSPS) is 10.2. The first-order valence-electron chi connectivity index (χ1n) is 5.24. The van der Waals surface area contributed by atoms with Crippen LogP contribution in [0.5, 0.6) is 0 Å². The summed E-state index contributed by atoms with van der Waals surface area (Å²) in [5, 5.41) is 0. The van der Waals surface area contributed by atoms with Crippen molar-refractivity contribution in [3.8, 4) is 0 Å². The molecule has 0 heterocycles. The summed E-state index contributed by atoms with van der Waals surface area (Å²) in [6.07, 6.45) is 4.02. The zero-order valence-corrected chi connectivity index (χ0v) is 9.14. The van der Waals surface area contributed by atoms with Gasteiger partial charge in [-0.2, -0.15) is 0 Å². The van der Waals surface area contributed by atoms with E-state index in [2.05, 4.69) is 32.6 Å². The molecule has 0 spiro atoms. The predicted octanol–water partition coefficient (Wildman–Crippen LogP) is 2.91. The molecule has 0 saturated carbocycles. The molecule has 0 aliphatic carbocycles. The van der Waals surface area contributed by atoms with Crippen LogP contribution in [-0.2, 0) is 19.4 Å². The lowest BCUT2D eigenvalue weighted by atomic mass is 9.93. The van der Waals surface area contributed by atoms with Crippen molar-refractivity contribution in [3.63, 3.8) is 0 Å². The molecular formula is C13H19N. The van der Waals surface area contributed by atoms with E-state index in [9.17, 15) is 0 Å². The average Bonchev–Trinajstić information content (AvgIpc) is 2.26. The molecule has 0 aliphatic rings. The topological polar surface area (TPSA) is 26.0 Å².